The monoisotopic (exact) mass is 682 g/mol. The van der Waals surface area contributed by atoms with Crippen LogP contribution in [0.5, 0.6) is 0 Å². The molecule has 0 atom stereocenters. The summed E-state index contributed by atoms with van der Waals surface area (Å²) in [6, 6.07) is 65.1. The number of para-hydroxylation sites is 4. The van der Waals surface area contributed by atoms with E-state index in [2.05, 4.69) is 192 Å². The summed E-state index contributed by atoms with van der Waals surface area (Å²) in [6.07, 6.45) is 0. The molecule has 0 aromatic heterocycles. The molecule has 264 valence electrons. The highest BCUT2D eigenvalue weighted by atomic mass is 15.1. The van der Waals surface area contributed by atoms with E-state index in [9.17, 15) is 0 Å². The lowest BCUT2D eigenvalue weighted by Gasteiger charge is -2.29. The van der Waals surface area contributed by atoms with Gasteiger partial charge < -0.3 is 9.80 Å². The van der Waals surface area contributed by atoms with Crippen molar-refractivity contribution in [2.24, 2.45) is 0 Å². The van der Waals surface area contributed by atoms with Crippen molar-refractivity contribution in [1.82, 2.24) is 0 Å². The summed E-state index contributed by atoms with van der Waals surface area (Å²) in [4.78, 5) is 4.76. The van der Waals surface area contributed by atoms with E-state index in [1.54, 1.807) is 0 Å². The van der Waals surface area contributed by atoms with E-state index < -0.39 is 0 Å². The number of nitrogens with zero attached hydrogens (tertiary/aromatic N) is 2. The van der Waals surface area contributed by atoms with Gasteiger partial charge in [0.05, 0.1) is 11.4 Å². The van der Waals surface area contributed by atoms with Crippen molar-refractivity contribution in [2.75, 3.05) is 9.80 Å². The number of hydrogen-bond acceptors (Lipinski definition) is 2. The van der Waals surface area contributed by atoms with Crippen molar-refractivity contribution in [3.05, 3.63) is 182 Å². The molecular formula is C50H54N2. The number of anilines is 6. The predicted molar refractivity (Wildman–Crippen MR) is 234 cm³/mol. The lowest BCUT2D eigenvalue weighted by atomic mass is 9.93. The summed E-state index contributed by atoms with van der Waals surface area (Å²) in [5, 5.41) is 7.33. The summed E-state index contributed by atoms with van der Waals surface area (Å²) in [6.45, 7) is 16.0. The number of fused-ring (bicyclic) bond motifs is 5. The van der Waals surface area contributed by atoms with E-state index in [4.69, 9.17) is 0 Å². The molecule has 0 unspecified atom stereocenters. The van der Waals surface area contributed by atoms with Crippen LogP contribution in [0.2, 0.25) is 0 Å². The molecule has 2 nitrogen and oxygen atoms in total. The molecule has 0 heterocycles. The molecule has 0 radical (unpaired) electrons. The molecule has 0 spiro atoms. The van der Waals surface area contributed by atoms with Gasteiger partial charge in [-0.1, -0.05) is 177 Å². The Morgan fingerprint density at radius 2 is 0.442 bits per heavy atom. The van der Waals surface area contributed by atoms with Crippen molar-refractivity contribution in [2.45, 2.75) is 55.4 Å². The van der Waals surface area contributed by atoms with E-state index >= 15 is 0 Å². The van der Waals surface area contributed by atoms with Crippen molar-refractivity contribution < 1.29 is 0 Å². The van der Waals surface area contributed by atoms with Crippen LogP contribution in [0, 0.1) is 0 Å². The Bertz CT molecular complexity index is 1970. The Hall–Kier alpha value is -5.86. The smallest absolute Gasteiger partial charge is 0.0546 e. The maximum atomic E-state index is 2.39. The summed E-state index contributed by atoms with van der Waals surface area (Å²) in [5.74, 6) is 0. The summed E-state index contributed by atoms with van der Waals surface area (Å²) in [7, 11) is 0. The van der Waals surface area contributed by atoms with E-state index in [1.165, 1.54) is 32.3 Å². The molecule has 2 heteroatoms. The van der Waals surface area contributed by atoms with Crippen molar-refractivity contribution >= 4 is 66.4 Å². The average Bonchev–Trinajstić information content (AvgIpc) is 3.26. The Kier molecular flexibility index (Phi) is 15.1. The first-order chi connectivity index (χ1) is 25.9. The SMILES string of the molecule is CC.CC.CC.CC.c1ccc(N(c2ccccc2)c2cc3c4ccccc4c(N(c4ccccc4)c4ccccc4)cc3c3ccccc23)cc1. The first kappa shape index (κ1) is 38.9. The molecule has 0 aliphatic carbocycles. The second-order valence-electron chi connectivity index (χ2n) is 11.0. The number of hydrogen-bond donors (Lipinski definition) is 0. The van der Waals surface area contributed by atoms with E-state index in [0.717, 1.165) is 34.1 Å². The van der Waals surface area contributed by atoms with Crippen molar-refractivity contribution in [3.8, 4) is 0 Å². The van der Waals surface area contributed by atoms with Crippen LogP contribution in [0.3, 0.4) is 0 Å². The molecule has 8 rings (SSSR count). The van der Waals surface area contributed by atoms with Crippen molar-refractivity contribution in [1.29, 1.82) is 0 Å². The fraction of sp³-hybridized carbons (Fsp3) is 0.160. The van der Waals surface area contributed by atoms with Crippen molar-refractivity contribution in [3.63, 3.8) is 0 Å². The van der Waals surface area contributed by atoms with Crippen LogP contribution < -0.4 is 9.80 Å². The quantitative estimate of drug-likeness (QED) is 0.161. The molecule has 8 aromatic carbocycles. The average molecular weight is 683 g/mol. The number of benzene rings is 8. The molecule has 52 heavy (non-hydrogen) atoms. The van der Waals surface area contributed by atoms with Gasteiger partial charge in [-0.25, -0.2) is 0 Å². The van der Waals surface area contributed by atoms with E-state index in [0.29, 0.717) is 0 Å². The zero-order chi connectivity index (χ0) is 37.3. The Morgan fingerprint density at radius 3 is 0.692 bits per heavy atom. The van der Waals surface area contributed by atoms with Crippen LogP contribution >= 0.6 is 0 Å². The van der Waals surface area contributed by atoms with Gasteiger partial charge in [-0.3, -0.25) is 0 Å². The number of rotatable bonds is 6. The molecule has 0 saturated carbocycles. The first-order valence-corrected chi connectivity index (χ1v) is 19.0. The lowest BCUT2D eigenvalue weighted by molar-refractivity contribution is 1.30. The van der Waals surface area contributed by atoms with Crippen LogP contribution in [0.15, 0.2) is 182 Å². The van der Waals surface area contributed by atoms with Gasteiger partial charge in [0.25, 0.3) is 0 Å². The molecule has 8 aromatic rings. The van der Waals surface area contributed by atoms with Crippen LogP contribution in [0.4, 0.5) is 34.1 Å². The summed E-state index contributed by atoms with van der Waals surface area (Å²) >= 11 is 0. The lowest BCUT2D eigenvalue weighted by Crippen LogP contribution is -2.11. The predicted octanol–water partition coefficient (Wildman–Crippen LogP) is 16.2. The molecule has 0 aliphatic rings. The largest absolute Gasteiger partial charge is 0.310 e. The third kappa shape index (κ3) is 8.19. The van der Waals surface area contributed by atoms with Crippen LogP contribution in [0.25, 0.3) is 32.3 Å². The Balaban J connectivity index is 0.000000710. The normalized spacial score (nSPS) is 9.92. The summed E-state index contributed by atoms with van der Waals surface area (Å²) < 4.78 is 0. The first-order valence-electron chi connectivity index (χ1n) is 19.0. The highest BCUT2D eigenvalue weighted by Gasteiger charge is 2.21. The minimum Gasteiger partial charge on any atom is -0.310 e. The maximum Gasteiger partial charge on any atom is 0.0546 e. The minimum atomic E-state index is 1.13. The van der Waals surface area contributed by atoms with Gasteiger partial charge >= 0.3 is 0 Å². The molecule has 0 aliphatic heterocycles. The molecule has 0 bridgehead atoms. The van der Waals surface area contributed by atoms with Gasteiger partial charge in [0.1, 0.15) is 0 Å². The molecule has 0 N–H and O–H groups in total. The minimum absolute atomic E-state index is 1.13. The Labute approximate surface area is 312 Å². The topological polar surface area (TPSA) is 6.48 Å². The highest BCUT2D eigenvalue weighted by molar-refractivity contribution is 6.24. The standard InChI is InChI=1S/C42H30N2.4C2H6/c1-5-17-31(18-6-1)43(32-19-7-2-8-20-32)41-29-39-36-26-14-16-28-38(36)42(30-40(39)35-25-13-15-27-37(35)41)44(33-21-9-3-10-22-33)34-23-11-4-12-24-34;4*1-2/h1-30H;4*1-2H3. The van der Waals surface area contributed by atoms with Crippen LogP contribution in [-0.2, 0) is 0 Å². The summed E-state index contributed by atoms with van der Waals surface area (Å²) in [5.41, 5.74) is 6.83. The zero-order valence-electron chi connectivity index (χ0n) is 32.2. The second-order valence-corrected chi connectivity index (χ2v) is 11.0. The molecular weight excluding hydrogens is 629 g/mol. The van der Waals surface area contributed by atoms with Gasteiger partial charge in [0.15, 0.2) is 0 Å². The third-order valence-electron chi connectivity index (χ3n) is 8.38. The van der Waals surface area contributed by atoms with Gasteiger partial charge in [0, 0.05) is 33.5 Å². The molecule has 0 amide bonds. The van der Waals surface area contributed by atoms with Gasteiger partial charge in [-0.05, 0) is 82.2 Å². The van der Waals surface area contributed by atoms with Gasteiger partial charge in [0.2, 0.25) is 0 Å². The third-order valence-corrected chi connectivity index (χ3v) is 8.38. The fourth-order valence-corrected chi connectivity index (χ4v) is 6.45. The zero-order valence-corrected chi connectivity index (χ0v) is 32.2. The fourth-order valence-electron chi connectivity index (χ4n) is 6.45. The van der Waals surface area contributed by atoms with Gasteiger partial charge in [-0.15, -0.1) is 0 Å². The molecule has 0 saturated heterocycles. The van der Waals surface area contributed by atoms with E-state index in [-0.39, 0.29) is 0 Å². The maximum absolute atomic E-state index is 2.39. The highest BCUT2D eigenvalue weighted by Crippen LogP contribution is 2.47. The van der Waals surface area contributed by atoms with Crippen LogP contribution in [0.1, 0.15) is 55.4 Å². The van der Waals surface area contributed by atoms with E-state index in [1.807, 2.05) is 55.4 Å². The van der Waals surface area contributed by atoms with Crippen LogP contribution in [-0.4, -0.2) is 0 Å². The second kappa shape index (κ2) is 20.1. The van der Waals surface area contributed by atoms with Gasteiger partial charge in [-0.2, -0.15) is 0 Å². The Morgan fingerprint density at radius 1 is 0.231 bits per heavy atom. The molecule has 0 fully saturated rings.